The molecule has 0 N–H and O–H groups in total. The van der Waals surface area contributed by atoms with E-state index in [1.54, 1.807) is 0 Å². The molecule has 3 rings (SSSR count). The van der Waals surface area contributed by atoms with Gasteiger partial charge in [0.1, 0.15) is 6.29 Å². The molecule has 2 aliphatic carbocycles. The van der Waals surface area contributed by atoms with Crippen LogP contribution < -0.4 is 4.90 Å². The minimum Gasteiger partial charge on any atom is -0.367 e. The largest absolute Gasteiger partial charge is 0.367 e. The molecular formula is C23H27NO. The summed E-state index contributed by atoms with van der Waals surface area (Å²) < 4.78 is 0. The highest BCUT2D eigenvalue weighted by Crippen LogP contribution is 2.26. The van der Waals surface area contributed by atoms with Gasteiger partial charge in [-0.25, -0.2) is 0 Å². The summed E-state index contributed by atoms with van der Waals surface area (Å²) >= 11 is 0. The lowest BCUT2D eigenvalue weighted by atomic mass is 9.89. The summed E-state index contributed by atoms with van der Waals surface area (Å²) in [6.07, 6.45) is 17.8. The highest BCUT2D eigenvalue weighted by atomic mass is 16.1. The van der Waals surface area contributed by atoms with Crippen molar-refractivity contribution in [1.82, 2.24) is 0 Å². The molecule has 2 aliphatic rings. The Bertz CT molecular complexity index is 708. The summed E-state index contributed by atoms with van der Waals surface area (Å²) in [7, 11) is 0. The fraction of sp³-hybridized carbons (Fsp3) is 0.348. The van der Waals surface area contributed by atoms with E-state index in [0.29, 0.717) is 17.8 Å². The molecule has 1 aromatic rings. The molecular weight excluding hydrogens is 306 g/mol. The van der Waals surface area contributed by atoms with Crippen molar-refractivity contribution in [3.8, 4) is 0 Å². The Morgan fingerprint density at radius 3 is 2.56 bits per heavy atom. The highest BCUT2D eigenvalue weighted by molar-refractivity contribution is 5.75. The van der Waals surface area contributed by atoms with Gasteiger partial charge in [0, 0.05) is 30.3 Å². The second kappa shape index (κ2) is 8.15. The van der Waals surface area contributed by atoms with Crippen LogP contribution in [0.2, 0.25) is 0 Å². The fourth-order valence-corrected chi connectivity index (χ4v) is 3.52. The van der Waals surface area contributed by atoms with Crippen LogP contribution in [0, 0.1) is 17.8 Å². The Morgan fingerprint density at radius 1 is 1.12 bits per heavy atom. The van der Waals surface area contributed by atoms with Gasteiger partial charge < -0.3 is 4.90 Å². The van der Waals surface area contributed by atoms with Crippen molar-refractivity contribution in [2.24, 2.45) is 17.8 Å². The molecule has 0 aliphatic heterocycles. The molecule has 1 aromatic carbocycles. The Kier molecular flexibility index (Phi) is 5.70. The Morgan fingerprint density at radius 2 is 1.88 bits per heavy atom. The third-order valence-electron chi connectivity index (χ3n) is 5.10. The first-order chi connectivity index (χ1) is 12.2. The summed E-state index contributed by atoms with van der Waals surface area (Å²) in [4.78, 5) is 13.4. The van der Waals surface area contributed by atoms with Crippen molar-refractivity contribution in [2.45, 2.75) is 20.3 Å². The molecule has 0 saturated carbocycles. The number of nitrogens with zero attached hydrogens (tertiary/aromatic N) is 1. The number of benzene rings is 1. The average Bonchev–Trinajstić information content (AvgIpc) is 2.63. The normalized spacial score (nSPS) is 24.9. The van der Waals surface area contributed by atoms with E-state index in [1.165, 1.54) is 11.3 Å². The van der Waals surface area contributed by atoms with Crippen molar-refractivity contribution in [1.29, 1.82) is 0 Å². The van der Waals surface area contributed by atoms with Gasteiger partial charge in [-0.15, -0.1) is 0 Å². The second-order valence-corrected chi connectivity index (χ2v) is 7.24. The third-order valence-corrected chi connectivity index (χ3v) is 5.10. The van der Waals surface area contributed by atoms with Crippen molar-refractivity contribution < 1.29 is 4.79 Å². The van der Waals surface area contributed by atoms with Gasteiger partial charge in [0.2, 0.25) is 0 Å². The minimum absolute atomic E-state index is 0.501. The van der Waals surface area contributed by atoms with Crippen molar-refractivity contribution in [3.63, 3.8) is 0 Å². The van der Waals surface area contributed by atoms with E-state index in [2.05, 4.69) is 73.4 Å². The quantitative estimate of drug-likeness (QED) is 0.666. The number of carbonyl (C=O) groups is 1. The molecule has 0 spiro atoms. The summed E-state index contributed by atoms with van der Waals surface area (Å²) in [6.45, 7) is 6.42. The first-order valence-electron chi connectivity index (χ1n) is 9.18. The molecule has 0 radical (unpaired) electrons. The van der Waals surface area contributed by atoms with Gasteiger partial charge in [-0.3, -0.25) is 4.79 Å². The molecule has 0 bridgehead atoms. The van der Waals surface area contributed by atoms with E-state index >= 15 is 0 Å². The lowest BCUT2D eigenvalue weighted by Crippen LogP contribution is -2.33. The third kappa shape index (κ3) is 4.60. The zero-order chi connectivity index (χ0) is 17.6. The number of carbonyl (C=O) groups excluding carboxylic acids is 1. The zero-order valence-corrected chi connectivity index (χ0v) is 15.1. The van der Waals surface area contributed by atoms with Gasteiger partial charge in [-0.2, -0.15) is 0 Å². The molecule has 0 fully saturated rings. The number of anilines is 1. The first kappa shape index (κ1) is 17.5. The predicted octanol–water partition coefficient (Wildman–Crippen LogP) is 5.21. The van der Waals surface area contributed by atoms with Crippen LogP contribution in [-0.2, 0) is 0 Å². The Labute approximate surface area is 151 Å². The minimum atomic E-state index is 0.501. The summed E-state index contributed by atoms with van der Waals surface area (Å²) in [6, 6.07) is 7.94. The molecule has 130 valence electrons. The highest BCUT2D eigenvalue weighted by Gasteiger charge is 2.19. The standard InChI is InChI=1S/C23H27NO/c1-18-6-5-8-21(14-18)15-24(16-22-9-4-3-7-19(22)2)23-12-10-20(17-25)11-13-23/h3-5,7-14,17-19,22H,6,15-16H2,1-2H3. The molecule has 0 saturated heterocycles. The lowest BCUT2D eigenvalue weighted by molar-refractivity contribution is 0.112. The number of aldehydes is 1. The van der Waals surface area contributed by atoms with E-state index in [-0.39, 0.29) is 0 Å². The Hall–Kier alpha value is -2.35. The summed E-state index contributed by atoms with van der Waals surface area (Å²) in [5.74, 6) is 1.65. The molecule has 2 heteroatoms. The van der Waals surface area contributed by atoms with Crippen LogP contribution in [0.15, 0.2) is 72.4 Å². The molecule has 3 atom stereocenters. The zero-order valence-electron chi connectivity index (χ0n) is 15.1. The van der Waals surface area contributed by atoms with E-state index in [9.17, 15) is 4.79 Å². The van der Waals surface area contributed by atoms with Crippen LogP contribution in [0.1, 0.15) is 30.6 Å². The van der Waals surface area contributed by atoms with Crippen LogP contribution in [0.4, 0.5) is 5.69 Å². The number of hydrogen-bond donors (Lipinski definition) is 0. The van der Waals surface area contributed by atoms with E-state index in [4.69, 9.17) is 0 Å². The van der Waals surface area contributed by atoms with Crippen molar-refractivity contribution in [3.05, 3.63) is 77.9 Å². The molecule has 0 aromatic heterocycles. The van der Waals surface area contributed by atoms with Gasteiger partial charge in [0.25, 0.3) is 0 Å². The van der Waals surface area contributed by atoms with E-state index in [0.717, 1.165) is 31.4 Å². The van der Waals surface area contributed by atoms with Crippen LogP contribution in [0.3, 0.4) is 0 Å². The molecule has 3 unspecified atom stereocenters. The van der Waals surface area contributed by atoms with Crippen LogP contribution in [0.5, 0.6) is 0 Å². The van der Waals surface area contributed by atoms with Crippen molar-refractivity contribution >= 4 is 12.0 Å². The predicted molar refractivity (Wildman–Crippen MR) is 106 cm³/mol. The maximum absolute atomic E-state index is 11.0. The monoisotopic (exact) mass is 333 g/mol. The second-order valence-electron chi connectivity index (χ2n) is 7.24. The van der Waals surface area contributed by atoms with Crippen LogP contribution >= 0.6 is 0 Å². The van der Waals surface area contributed by atoms with Gasteiger partial charge in [0.05, 0.1) is 0 Å². The van der Waals surface area contributed by atoms with E-state index < -0.39 is 0 Å². The smallest absolute Gasteiger partial charge is 0.150 e. The lowest BCUT2D eigenvalue weighted by Gasteiger charge is -2.32. The van der Waals surface area contributed by atoms with Gasteiger partial charge in [-0.1, -0.05) is 56.4 Å². The number of allylic oxidation sites excluding steroid dienone is 5. The van der Waals surface area contributed by atoms with Gasteiger partial charge in [-0.05, 0) is 48.1 Å². The Balaban J connectivity index is 1.81. The van der Waals surface area contributed by atoms with Crippen molar-refractivity contribution in [2.75, 3.05) is 18.0 Å². The topological polar surface area (TPSA) is 20.3 Å². The van der Waals surface area contributed by atoms with Gasteiger partial charge >= 0.3 is 0 Å². The summed E-state index contributed by atoms with van der Waals surface area (Å²) in [5.41, 5.74) is 3.28. The SMILES string of the molecule is CC1C=C(CN(CC2C=CC=CC2C)c2ccc(C=O)cc2)C=CC1. The number of rotatable bonds is 6. The maximum Gasteiger partial charge on any atom is 0.150 e. The summed E-state index contributed by atoms with van der Waals surface area (Å²) in [5, 5.41) is 0. The molecule has 25 heavy (non-hydrogen) atoms. The fourth-order valence-electron chi connectivity index (χ4n) is 3.52. The van der Waals surface area contributed by atoms with Crippen LogP contribution in [0.25, 0.3) is 0 Å². The van der Waals surface area contributed by atoms with E-state index in [1.807, 2.05) is 12.1 Å². The first-order valence-corrected chi connectivity index (χ1v) is 9.18. The average molecular weight is 333 g/mol. The van der Waals surface area contributed by atoms with Gasteiger partial charge in [0.15, 0.2) is 0 Å². The molecule has 0 amide bonds. The molecule has 0 heterocycles. The number of hydrogen-bond acceptors (Lipinski definition) is 2. The maximum atomic E-state index is 11.0. The molecule has 2 nitrogen and oxygen atoms in total. The van der Waals surface area contributed by atoms with Crippen LogP contribution in [-0.4, -0.2) is 19.4 Å².